The van der Waals surface area contributed by atoms with Crippen molar-refractivity contribution in [3.05, 3.63) is 35.4 Å². The third-order valence-corrected chi connectivity index (χ3v) is 3.34. The minimum Gasteiger partial charge on any atom is -0.396 e. The monoisotopic (exact) mass is 219 g/mol. The van der Waals surface area contributed by atoms with Gasteiger partial charge in [-0.2, -0.15) is 0 Å². The van der Waals surface area contributed by atoms with Crippen molar-refractivity contribution in [2.24, 2.45) is 5.92 Å². The molecule has 88 valence electrons. The van der Waals surface area contributed by atoms with Crippen molar-refractivity contribution in [3.63, 3.8) is 0 Å². The van der Waals surface area contributed by atoms with Gasteiger partial charge in [-0.15, -0.1) is 0 Å². The van der Waals surface area contributed by atoms with Crippen molar-refractivity contribution < 1.29 is 5.11 Å². The van der Waals surface area contributed by atoms with E-state index in [0.29, 0.717) is 18.4 Å². The fourth-order valence-electron chi connectivity index (χ4n) is 2.19. The molecule has 1 aromatic rings. The molecule has 16 heavy (non-hydrogen) atoms. The van der Waals surface area contributed by atoms with Crippen LogP contribution >= 0.6 is 0 Å². The molecule has 0 radical (unpaired) electrons. The number of hydrogen-bond donors (Lipinski definition) is 1. The van der Waals surface area contributed by atoms with Gasteiger partial charge in [0.05, 0.1) is 0 Å². The molecule has 1 heterocycles. The van der Waals surface area contributed by atoms with Crippen molar-refractivity contribution in [3.8, 4) is 0 Å². The van der Waals surface area contributed by atoms with Crippen molar-refractivity contribution in [2.75, 3.05) is 19.7 Å². The number of likely N-dealkylation sites (tertiary alicyclic amines) is 1. The number of hydrogen-bond acceptors (Lipinski definition) is 2. The normalized spacial score (nSPS) is 17.8. The zero-order chi connectivity index (χ0) is 11.5. The van der Waals surface area contributed by atoms with Gasteiger partial charge < -0.3 is 5.11 Å². The molecule has 0 saturated carbocycles. The van der Waals surface area contributed by atoms with Gasteiger partial charge in [0.2, 0.25) is 0 Å². The molecule has 0 unspecified atom stereocenters. The molecule has 0 atom stereocenters. The van der Waals surface area contributed by atoms with Gasteiger partial charge in [-0.1, -0.05) is 38.1 Å². The van der Waals surface area contributed by atoms with Gasteiger partial charge in [0.25, 0.3) is 0 Å². The standard InChI is InChI=1S/C14H21NO/c1-11(2)14-5-3-12(4-6-14)7-15-8-13(9-15)10-16/h3-6,11,13,16H,7-10H2,1-2H3. The number of rotatable bonds is 4. The maximum atomic E-state index is 8.94. The molecule has 1 aromatic carbocycles. The first kappa shape index (κ1) is 11.6. The Bertz CT molecular complexity index is 325. The van der Waals surface area contributed by atoms with Crippen LogP contribution in [-0.4, -0.2) is 29.7 Å². The molecule has 0 aliphatic carbocycles. The van der Waals surface area contributed by atoms with E-state index in [1.54, 1.807) is 0 Å². The molecule has 0 amide bonds. The minimum absolute atomic E-state index is 0.336. The fourth-order valence-corrected chi connectivity index (χ4v) is 2.19. The van der Waals surface area contributed by atoms with Crippen LogP contribution in [0, 0.1) is 5.92 Å². The number of aliphatic hydroxyl groups excluding tert-OH is 1. The van der Waals surface area contributed by atoms with E-state index in [0.717, 1.165) is 19.6 Å². The maximum absolute atomic E-state index is 8.94. The predicted molar refractivity (Wildman–Crippen MR) is 66.4 cm³/mol. The summed E-state index contributed by atoms with van der Waals surface area (Å²) in [5.41, 5.74) is 2.78. The molecule has 1 aliphatic heterocycles. The summed E-state index contributed by atoms with van der Waals surface area (Å²) >= 11 is 0. The van der Waals surface area contributed by atoms with Crippen LogP contribution in [0.5, 0.6) is 0 Å². The summed E-state index contributed by atoms with van der Waals surface area (Å²) < 4.78 is 0. The lowest BCUT2D eigenvalue weighted by Crippen LogP contribution is -2.47. The molecule has 0 bridgehead atoms. The number of benzene rings is 1. The second-order valence-electron chi connectivity index (χ2n) is 5.14. The second-order valence-corrected chi connectivity index (χ2v) is 5.14. The van der Waals surface area contributed by atoms with Crippen LogP contribution in [-0.2, 0) is 6.54 Å². The molecule has 1 saturated heterocycles. The number of aliphatic hydroxyl groups is 1. The van der Waals surface area contributed by atoms with Gasteiger partial charge in [-0.05, 0) is 17.0 Å². The Labute approximate surface area is 97.9 Å². The lowest BCUT2D eigenvalue weighted by molar-refractivity contribution is 0.0479. The van der Waals surface area contributed by atoms with Gasteiger partial charge in [-0.25, -0.2) is 0 Å². The molecule has 2 nitrogen and oxygen atoms in total. The van der Waals surface area contributed by atoms with E-state index >= 15 is 0 Å². The van der Waals surface area contributed by atoms with E-state index in [9.17, 15) is 0 Å². The Morgan fingerprint density at radius 2 is 1.88 bits per heavy atom. The Morgan fingerprint density at radius 3 is 2.38 bits per heavy atom. The Hall–Kier alpha value is -0.860. The third-order valence-electron chi connectivity index (χ3n) is 3.34. The largest absolute Gasteiger partial charge is 0.396 e. The lowest BCUT2D eigenvalue weighted by atomic mass is 9.98. The van der Waals surface area contributed by atoms with Crippen LogP contribution in [0.25, 0.3) is 0 Å². The molecule has 1 fully saturated rings. The molecule has 0 spiro atoms. The van der Waals surface area contributed by atoms with E-state index in [-0.39, 0.29) is 0 Å². The molecular weight excluding hydrogens is 198 g/mol. The van der Waals surface area contributed by atoms with Crippen LogP contribution in [0.4, 0.5) is 0 Å². The van der Waals surface area contributed by atoms with E-state index in [2.05, 4.69) is 43.0 Å². The van der Waals surface area contributed by atoms with E-state index in [1.807, 2.05) is 0 Å². The van der Waals surface area contributed by atoms with Crippen LogP contribution in [0.1, 0.15) is 30.9 Å². The average molecular weight is 219 g/mol. The SMILES string of the molecule is CC(C)c1ccc(CN2CC(CO)C2)cc1. The average Bonchev–Trinajstić information content (AvgIpc) is 2.23. The topological polar surface area (TPSA) is 23.5 Å². The minimum atomic E-state index is 0.336. The van der Waals surface area contributed by atoms with Crippen LogP contribution in [0.3, 0.4) is 0 Å². The van der Waals surface area contributed by atoms with E-state index < -0.39 is 0 Å². The summed E-state index contributed by atoms with van der Waals surface area (Å²) in [5.74, 6) is 1.12. The highest BCUT2D eigenvalue weighted by Crippen LogP contribution is 2.20. The van der Waals surface area contributed by atoms with Crippen LogP contribution in [0.2, 0.25) is 0 Å². The maximum Gasteiger partial charge on any atom is 0.0483 e. The summed E-state index contributed by atoms with van der Waals surface area (Å²) in [6.07, 6.45) is 0. The lowest BCUT2D eigenvalue weighted by Gasteiger charge is -2.38. The highest BCUT2D eigenvalue weighted by Gasteiger charge is 2.25. The van der Waals surface area contributed by atoms with Crippen LogP contribution < -0.4 is 0 Å². The molecule has 1 aliphatic rings. The molecular formula is C14H21NO. The highest BCUT2D eigenvalue weighted by molar-refractivity contribution is 5.24. The molecule has 0 aromatic heterocycles. The third kappa shape index (κ3) is 2.63. The summed E-state index contributed by atoms with van der Waals surface area (Å²) in [7, 11) is 0. The van der Waals surface area contributed by atoms with Crippen molar-refractivity contribution in [1.82, 2.24) is 4.90 Å². The van der Waals surface area contributed by atoms with Gasteiger partial charge >= 0.3 is 0 Å². The number of nitrogens with zero attached hydrogens (tertiary/aromatic N) is 1. The van der Waals surface area contributed by atoms with Crippen molar-refractivity contribution in [2.45, 2.75) is 26.3 Å². The van der Waals surface area contributed by atoms with Crippen molar-refractivity contribution >= 4 is 0 Å². The quantitative estimate of drug-likeness (QED) is 0.839. The second kappa shape index (κ2) is 4.98. The predicted octanol–water partition coefficient (Wildman–Crippen LogP) is 2.23. The summed E-state index contributed by atoms with van der Waals surface area (Å²) in [6.45, 7) is 7.88. The summed E-state index contributed by atoms with van der Waals surface area (Å²) in [5, 5.41) is 8.94. The summed E-state index contributed by atoms with van der Waals surface area (Å²) in [4.78, 5) is 2.38. The zero-order valence-corrected chi connectivity index (χ0v) is 10.2. The highest BCUT2D eigenvalue weighted by atomic mass is 16.3. The van der Waals surface area contributed by atoms with Gasteiger partial charge in [0.15, 0.2) is 0 Å². The van der Waals surface area contributed by atoms with Crippen molar-refractivity contribution in [1.29, 1.82) is 0 Å². The molecule has 1 N–H and O–H groups in total. The van der Waals surface area contributed by atoms with Gasteiger partial charge in [0.1, 0.15) is 0 Å². The van der Waals surface area contributed by atoms with Gasteiger partial charge in [-0.3, -0.25) is 4.90 Å². The first-order valence-electron chi connectivity index (χ1n) is 6.11. The smallest absolute Gasteiger partial charge is 0.0483 e. The molecule has 2 heteroatoms. The first-order chi connectivity index (χ1) is 7.69. The van der Waals surface area contributed by atoms with Crippen LogP contribution in [0.15, 0.2) is 24.3 Å². The Kier molecular flexibility index (Phi) is 3.62. The molecule has 2 rings (SSSR count). The van der Waals surface area contributed by atoms with Gasteiger partial charge in [0, 0.05) is 32.2 Å². The Balaban J connectivity index is 1.86. The fraction of sp³-hybridized carbons (Fsp3) is 0.571. The first-order valence-corrected chi connectivity index (χ1v) is 6.11. The van der Waals surface area contributed by atoms with E-state index in [4.69, 9.17) is 5.11 Å². The summed E-state index contributed by atoms with van der Waals surface area (Å²) in [6, 6.07) is 8.90. The van der Waals surface area contributed by atoms with E-state index in [1.165, 1.54) is 11.1 Å². The zero-order valence-electron chi connectivity index (χ0n) is 10.2. The Morgan fingerprint density at radius 1 is 1.25 bits per heavy atom.